The first-order valence-corrected chi connectivity index (χ1v) is 6.61. The van der Waals surface area contributed by atoms with Gasteiger partial charge in [-0.3, -0.25) is 4.79 Å². The lowest BCUT2D eigenvalue weighted by molar-refractivity contribution is -0.142. The van der Waals surface area contributed by atoms with Crippen molar-refractivity contribution >= 4 is 44.5 Å². The Hall–Kier alpha value is -0.310. The summed E-state index contributed by atoms with van der Waals surface area (Å²) in [5.74, 6) is -0.525. The number of carbonyl (C=O) groups excluding carboxylic acids is 1. The van der Waals surface area contributed by atoms with Gasteiger partial charge in [-0.25, -0.2) is 13.8 Å². The summed E-state index contributed by atoms with van der Waals surface area (Å²) >= 11 is 4.83. The van der Waals surface area contributed by atoms with Crippen molar-refractivity contribution in [2.24, 2.45) is 0 Å². The first-order chi connectivity index (χ1) is 7.95. The monoisotopic (exact) mass is 419 g/mol. The van der Waals surface area contributed by atoms with Gasteiger partial charge in [-0.1, -0.05) is 0 Å². The van der Waals surface area contributed by atoms with Gasteiger partial charge >= 0.3 is 5.97 Å². The average Bonchev–Trinajstić information content (AvgIpc) is 2.15. The van der Waals surface area contributed by atoms with Crippen LogP contribution in [0.1, 0.15) is 24.5 Å². The molecular weight excluding hydrogens is 411 g/mol. The molecule has 0 amide bonds. The highest BCUT2D eigenvalue weighted by Crippen LogP contribution is 2.29. The Balaban J connectivity index is 3.08. The highest BCUT2D eigenvalue weighted by atomic mass is 127. The number of esters is 1. The molecule has 0 N–H and O–H groups in total. The lowest BCUT2D eigenvalue weighted by Gasteiger charge is -2.10. The summed E-state index contributed by atoms with van der Waals surface area (Å²) in [7, 11) is 0. The number of rotatable bonds is 4. The Morgan fingerprint density at radius 1 is 1.65 bits per heavy atom. The van der Waals surface area contributed by atoms with E-state index in [9.17, 15) is 13.6 Å². The molecule has 0 aliphatic rings. The molecule has 0 bridgehead atoms. The van der Waals surface area contributed by atoms with Crippen molar-refractivity contribution in [2.45, 2.75) is 19.8 Å². The molecule has 0 aromatic carbocycles. The Labute approximate surface area is 119 Å². The van der Waals surface area contributed by atoms with Gasteiger partial charge in [0.15, 0.2) is 0 Å². The first-order valence-electron chi connectivity index (χ1n) is 4.74. The van der Waals surface area contributed by atoms with Crippen LogP contribution in [0.4, 0.5) is 8.78 Å². The molecule has 3 nitrogen and oxygen atoms in total. The van der Waals surface area contributed by atoms with Gasteiger partial charge in [-0.05, 0) is 57.1 Å². The summed E-state index contributed by atoms with van der Waals surface area (Å²) in [5, 5.41) is 0. The Kier molecular flexibility index (Phi) is 5.71. The molecule has 1 heterocycles. The summed E-state index contributed by atoms with van der Waals surface area (Å²) in [6.45, 7) is 1.89. The van der Waals surface area contributed by atoms with Crippen LogP contribution in [0.5, 0.6) is 0 Å². The van der Waals surface area contributed by atoms with Gasteiger partial charge in [0.25, 0.3) is 6.43 Å². The van der Waals surface area contributed by atoms with Gasteiger partial charge in [0.1, 0.15) is 8.30 Å². The van der Waals surface area contributed by atoms with Crippen LogP contribution in [0.15, 0.2) is 10.7 Å². The molecule has 0 spiro atoms. The van der Waals surface area contributed by atoms with Crippen LogP contribution >= 0.6 is 38.5 Å². The summed E-state index contributed by atoms with van der Waals surface area (Å²) in [6.07, 6.45) is -2.84. The minimum Gasteiger partial charge on any atom is -0.466 e. The second-order valence-corrected chi connectivity index (χ2v) is 4.93. The van der Waals surface area contributed by atoms with Gasteiger partial charge in [-0.2, -0.15) is 0 Å². The molecule has 0 atom stereocenters. The van der Waals surface area contributed by atoms with E-state index >= 15 is 0 Å². The standard InChI is InChI=1S/C10H9BrF2INO2/c1-2-17-7(16)4-5-3-6(11)15-10(14)8(5)9(12)13/h3,9H,2,4H2,1H3. The van der Waals surface area contributed by atoms with Gasteiger partial charge in [0.05, 0.1) is 18.6 Å². The fourth-order valence-corrected chi connectivity index (χ4v) is 2.91. The van der Waals surface area contributed by atoms with E-state index < -0.39 is 12.4 Å². The molecule has 0 fully saturated rings. The second kappa shape index (κ2) is 6.58. The van der Waals surface area contributed by atoms with Gasteiger partial charge in [-0.15, -0.1) is 0 Å². The van der Waals surface area contributed by atoms with Crippen LogP contribution in [0.2, 0.25) is 0 Å². The summed E-state index contributed by atoms with van der Waals surface area (Å²) in [6, 6.07) is 1.42. The number of alkyl halides is 2. The van der Waals surface area contributed by atoms with Crippen LogP contribution in [0.3, 0.4) is 0 Å². The van der Waals surface area contributed by atoms with E-state index in [2.05, 4.69) is 20.9 Å². The van der Waals surface area contributed by atoms with E-state index in [1.165, 1.54) is 6.07 Å². The molecule has 94 valence electrons. The molecule has 0 saturated heterocycles. The highest BCUT2D eigenvalue weighted by molar-refractivity contribution is 14.1. The number of halogens is 4. The highest BCUT2D eigenvalue weighted by Gasteiger charge is 2.20. The van der Waals surface area contributed by atoms with Gasteiger partial charge in [0.2, 0.25) is 0 Å². The van der Waals surface area contributed by atoms with Crippen molar-refractivity contribution < 1.29 is 18.3 Å². The molecule has 7 heteroatoms. The fraction of sp³-hybridized carbons (Fsp3) is 0.400. The Bertz CT molecular complexity index is 429. The predicted octanol–water partition coefficient (Wildman–Crippen LogP) is 3.49. The zero-order chi connectivity index (χ0) is 13.0. The second-order valence-electron chi connectivity index (χ2n) is 3.09. The summed E-state index contributed by atoms with van der Waals surface area (Å²) in [5.41, 5.74) is 0.0339. The van der Waals surface area contributed by atoms with Gasteiger partial charge < -0.3 is 4.74 Å². The average molecular weight is 420 g/mol. The van der Waals surface area contributed by atoms with E-state index in [1.807, 2.05) is 0 Å². The number of nitrogens with zero attached hydrogens (tertiary/aromatic N) is 1. The molecule has 17 heavy (non-hydrogen) atoms. The van der Waals surface area contributed by atoms with E-state index in [1.54, 1.807) is 29.5 Å². The minimum atomic E-state index is -2.66. The lowest BCUT2D eigenvalue weighted by Crippen LogP contribution is -2.11. The van der Waals surface area contributed by atoms with Crippen LogP contribution in [0.25, 0.3) is 0 Å². The van der Waals surface area contributed by atoms with Crippen molar-refractivity contribution in [3.63, 3.8) is 0 Å². The molecule has 0 unspecified atom stereocenters. The van der Waals surface area contributed by atoms with Crippen LogP contribution in [-0.2, 0) is 16.0 Å². The molecule has 0 aliphatic heterocycles. The SMILES string of the molecule is CCOC(=O)Cc1cc(Br)nc(I)c1C(F)F. The Morgan fingerprint density at radius 2 is 2.29 bits per heavy atom. The fourth-order valence-electron chi connectivity index (χ4n) is 1.28. The number of hydrogen-bond acceptors (Lipinski definition) is 3. The third-order valence-electron chi connectivity index (χ3n) is 1.92. The van der Waals surface area contributed by atoms with Gasteiger partial charge in [0, 0.05) is 0 Å². The Morgan fingerprint density at radius 3 is 2.82 bits per heavy atom. The molecule has 0 aliphatic carbocycles. The molecule has 1 aromatic rings. The zero-order valence-corrected chi connectivity index (χ0v) is 12.6. The summed E-state index contributed by atoms with van der Waals surface area (Å²) < 4.78 is 31.0. The number of aromatic nitrogens is 1. The van der Waals surface area contributed by atoms with Crippen molar-refractivity contribution in [1.82, 2.24) is 4.98 Å². The number of carbonyl (C=O) groups is 1. The molecule has 0 radical (unpaired) electrons. The normalized spacial score (nSPS) is 10.7. The predicted molar refractivity (Wildman–Crippen MR) is 69.9 cm³/mol. The van der Waals surface area contributed by atoms with E-state index in [0.29, 0.717) is 4.60 Å². The molecular formula is C10H9BrF2INO2. The molecule has 0 saturated carbocycles. The number of ether oxygens (including phenoxy) is 1. The summed E-state index contributed by atoms with van der Waals surface area (Å²) in [4.78, 5) is 15.2. The third kappa shape index (κ3) is 4.13. The van der Waals surface area contributed by atoms with Crippen molar-refractivity contribution in [3.8, 4) is 0 Å². The first kappa shape index (κ1) is 14.7. The van der Waals surface area contributed by atoms with Crippen molar-refractivity contribution in [3.05, 3.63) is 25.5 Å². The quantitative estimate of drug-likeness (QED) is 0.426. The van der Waals surface area contributed by atoms with Crippen LogP contribution < -0.4 is 0 Å². The number of pyridine rings is 1. The minimum absolute atomic E-state index is 0.176. The van der Waals surface area contributed by atoms with E-state index in [0.717, 1.165) is 0 Å². The zero-order valence-electron chi connectivity index (χ0n) is 8.84. The van der Waals surface area contributed by atoms with Crippen molar-refractivity contribution in [2.75, 3.05) is 6.61 Å². The topological polar surface area (TPSA) is 39.2 Å². The lowest BCUT2D eigenvalue weighted by atomic mass is 10.1. The maximum Gasteiger partial charge on any atom is 0.310 e. The van der Waals surface area contributed by atoms with Crippen LogP contribution in [0, 0.1) is 3.70 Å². The maximum absolute atomic E-state index is 12.8. The smallest absolute Gasteiger partial charge is 0.310 e. The van der Waals surface area contributed by atoms with Crippen molar-refractivity contribution in [1.29, 1.82) is 0 Å². The van der Waals surface area contributed by atoms with Crippen LogP contribution in [-0.4, -0.2) is 17.6 Å². The largest absolute Gasteiger partial charge is 0.466 e. The maximum atomic E-state index is 12.8. The molecule has 1 rings (SSSR count). The van der Waals surface area contributed by atoms with E-state index in [4.69, 9.17) is 4.74 Å². The molecule has 1 aromatic heterocycles. The van der Waals surface area contributed by atoms with E-state index in [-0.39, 0.29) is 27.9 Å². The third-order valence-corrected chi connectivity index (χ3v) is 3.15. The number of hydrogen-bond donors (Lipinski definition) is 0.